The molecular formula is C14H21N3O. The van der Waals surface area contributed by atoms with Gasteiger partial charge in [-0.25, -0.2) is 0 Å². The maximum Gasteiger partial charge on any atom is 0.242 e. The molecule has 0 saturated carbocycles. The molecule has 1 heterocycles. The largest absolute Gasteiger partial charge is 0.399 e. The molecule has 18 heavy (non-hydrogen) atoms. The average molecular weight is 247 g/mol. The molecule has 1 aromatic carbocycles. The maximum atomic E-state index is 12.1. The highest BCUT2D eigenvalue weighted by Gasteiger charge is 2.22. The number of nitrogens with zero attached hydrogens (tertiary/aromatic N) is 2. The van der Waals surface area contributed by atoms with Crippen LogP contribution in [0, 0.1) is 0 Å². The molecule has 2 rings (SSSR count). The summed E-state index contributed by atoms with van der Waals surface area (Å²) < 4.78 is 0. The van der Waals surface area contributed by atoms with Gasteiger partial charge in [0.25, 0.3) is 0 Å². The van der Waals surface area contributed by atoms with E-state index in [1.807, 2.05) is 36.9 Å². The lowest BCUT2D eigenvalue weighted by molar-refractivity contribution is -0.129. The zero-order chi connectivity index (χ0) is 13.1. The third kappa shape index (κ3) is 2.42. The molecule has 0 aliphatic carbocycles. The van der Waals surface area contributed by atoms with E-state index in [1.165, 1.54) is 5.56 Å². The average Bonchev–Trinajstić information content (AvgIpc) is 2.73. The predicted molar refractivity (Wildman–Crippen MR) is 74.7 cm³/mol. The second kappa shape index (κ2) is 5.29. The predicted octanol–water partition coefficient (Wildman–Crippen LogP) is 1.50. The summed E-state index contributed by atoms with van der Waals surface area (Å²) in [6.45, 7) is 6.96. The van der Waals surface area contributed by atoms with Crippen molar-refractivity contribution in [1.82, 2.24) is 4.90 Å². The molecule has 1 aliphatic rings. The van der Waals surface area contributed by atoms with E-state index in [2.05, 4.69) is 4.90 Å². The van der Waals surface area contributed by atoms with Gasteiger partial charge in [-0.15, -0.1) is 0 Å². The van der Waals surface area contributed by atoms with Crippen molar-refractivity contribution in [3.63, 3.8) is 0 Å². The van der Waals surface area contributed by atoms with Crippen molar-refractivity contribution < 1.29 is 4.79 Å². The normalized spacial score (nSPS) is 13.6. The zero-order valence-corrected chi connectivity index (χ0v) is 11.1. The van der Waals surface area contributed by atoms with Gasteiger partial charge in [0.2, 0.25) is 5.91 Å². The lowest BCUT2D eigenvalue weighted by Gasteiger charge is -2.24. The molecule has 98 valence electrons. The van der Waals surface area contributed by atoms with Gasteiger partial charge in [-0.2, -0.15) is 0 Å². The minimum absolute atomic E-state index is 0.199. The summed E-state index contributed by atoms with van der Waals surface area (Å²) in [4.78, 5) is 16.1. The summed E-state index contributed by atoms with van der Waals surface area (Å²) in [6.07, 6.45) is 0.978. The summed E-state index contributed by atoms with van der Waals surface area (Å²) in [5.74, 6) is 0.199. The third-order valence-electron chi connectivity index (χ3n) is 3.54. The zero-order valence-electron chi connectivity index (χ0n) is 11.1. The molecule has 1 aromatic rings. The van der Waals surface area contributed by atoms with E-state index in [-0.39, 0.29) is 5.91 Å². The molecule has 0 atom stereocenters. The number of likely N-dealkylation sites (N-methyl/N-ethyl adjacent to an activating group) is 1. The molecule has 0 radical (unpaired) electrons. The fourth-order valence-electron chi connectivity index (χ4n) is 2.49. The summed E-state index contributed by atoms with van der Waals surface area (Å²) in [5.41, 5.74) is 8.98. The third-order valence-corrected chi connectivity index (χ3v) is 3.54. The molecule has 0 fully saturated rings. The van der Waals surface area contributed by atoms with Crippen LogP contribution in [0.2, 0.25) is 0 Å². The number of nitrogens with two attached hydrogens (primary N) is 1. The van der Waals surface area contributed by atoms with E-state index in [1.54, 1.807) is 0 Å². The van der Waals surface area contributed by atoms with Crippen molar-refractivity contribution >= 4 is 17.3 Å². The summed E-state index contributed by atoms with van der Waals surface area (Å²) in [7, 11) is 0. The molecule has 1 aliphatic heterocycles. The first kappa shape index (κ1) is 12.7. The maximum absolute atomic E-state index is 12.1. The molecule has 1 amide bonds. The molecule has 0 spiro atoms. The van der Waals surface area contributed by atoms with Crippen LogP contribution >= 0.6 is 0 Å². The van der Waals surface area contributed by atoms with E-state index >= 15 is 0 Å². The minimum Gasteiger partial charge on any atom is -0.399 e. The molecule has 4 heteroatoms. The highest BCUT2D eigenvalue weighted by Crippen LogP contribution is 2.29. The van der Waals surface area contributed by atoms with Crippen molar-refractivity contribution in [3.05, 3.63) is 23.8 Å². The van der Waals surface area contributed by atoms with E-state index < -0.39 is 0 Å². The fourth-order valence-corrected chi connectivity index (χ4v) is 2.49. The van der Waals surface area contributed by atoms with Crippen molar-refractivity contribution in [1.29, 1.82) is 0 Å². The van der Waals surface area contributed by atoms with Gasteiger partial charge in [0.1, 0.15) is 0 Å². The summed E-state index contributed by atoms with van der Waals surface area (Å²) in [5, 5.41) is 0. The molecule has 2 N–H and O–H groups in total. The Labute approximate surface area is 108 Å². The monoisotopic (exact) mass is 247 g/mol. The molecule has 0 saturated heterocycles. The van der Waals surface area contributed by atoms with Crippen molar-refractivity contribution in [2.24, 2.45) is 0 Å². The van der Waals surface area contributed by atoms with Crippen LogP contribution in [0.3, 0.4) is 0 Å². The van der Waals surface area contributed by atoms with Crippen molar-refractivity contribution in [2.75, 3.05) is 36.8 Å². The molecule has 0 unspecified atom stereocenters. The lowest BCUT2D eigenvalue weighted by atomic mass is 10.1. The highest BCUT2D eigenvalue weighted by molar-refractivity contribution is 5.82. The first-order chi connectivity index (χ1) is 8.65. The van der Waals surface area contributed by atoms with Gasteiger partial charge in [-0.1, -0.05) is 0 Å². The first-order valence-corrected chi connectivity index (χ1v) is 6.56. The minimum atomic E-state index is 0.199. The number of rotatable bonds is 4. The Balaban J connectivity index is 2.08. The first-order valence-electron chi connectivity index (χ1n) is 6.56. The van der Waals surface area contributed by atoms with Crippen LogP contribution in [0.25, 0.3) is 0 Å². The SMILES string of the molecule is CCN(CC)C(=O)CN1CCc2cc(N)ccc21. The van der Waals surface area contributed by atoms with Gasteiger partial charge in [0, 0.05) is 31.0 Å². The Hall–Kier alpha value is -1.71. The van der Waals surface area contributed by atoms with Crippen LogP contribution in [-0.2, 0) is 11.2 Å². The van der Waals surface area contributed by atoms with E-state index in [4.69, 9.17) is 5.73 Å². The highest BCUT2D eigenvalue weighted by atomic mass is 16.2. The van der Waals surface area contributed by atoms with Crippen LogP contribution in [0.15, 0.2) is 18.2 Å². The number of anilines is 2. The van der Waals surface area contributed by atoms with Gasteiger partial charge >= 0.3 is 0 Å². The number of nitrogen functional groups attached to an aromatic ring is 1. The quantitative estimate of drug-likeness (QED) is 0.820. The Bertz CT molecular complexity index is 441. The second-order valence-corrected chi connectivity index (χ2v) is 4.63. The Kier molecular flexibility index (Phi) is 3.75. The number of carbonyl (C=O) groups is 1. The standard InChI is InChI=1S/C14H21N3O/c1-3-16(4-2)14(18)10-17-8-7-11-9-12(15)5-6-13(11)17/h5-6,9H,3-4,7-8,10,15H2,1-2H3. The Morgan fingerprint density at radius 1 is 1.39 bits per heavy atom. The van der Waals surface area contributed by atoms with Gasteiger partial charge in [0.05, 0.1) is 6.54 Å². The van der Waals surface area contributed by atoms with Crippen LogP contribution in [0.5, 0.6) is 0 Å². The van der Waals surface area contributed by atoms with Gasteiger partial charge in [-0.3, -0.25) is 4.79 Å². The van der Waals surface area contributed by atoms with E-state index in [0.717, 1.165) is 37.4 Å². The fraction of sp³-hybridized carbons (Fsp3) is 0.500. The van der Waals surface area contributed by atoms with E-state index in [0.29, 0.717) is 6.54 Å². The number of fused-ring (bicyclic) bond motifs is 1. The van der Waals surface area contributed by atoms with Gasteiger partial charge in [-0.05, 0) is 44.0 Å². The molecule has 0 bridgehead atoms. The number of benzene rings is 1. The summed E-state index contributed by atoms with van der Waals surface area (Å²) >= 11 is 0. The Morgan fingerprint density at radius 2 is 2.11 bits per heavy atom. The topological polar surface area (TPSA) is 49.6 Å². The van der Waals surface area contributed by atoms with Gasteiger partial charge < -0.3 is 15.5 Å². The van der Waals surface area contributed by atoms with E-state index in [9.17, 15) is 4.79 Å². The lowest BCUT2D eigenvalue weighted by Crippen LogP contribution is -2.39. The van der Waals surface area contributed by atoms with Crippen LogP contribution in [-0.4, -0.2) is 37.0 Å². The second-order valence-electron chi connectivity index (χ2n) is 4.63. The smallest absolute Gasteiger partial charge is 0.242 e. The van der Waals surface area contributed by atoms with Crippen LogP contribution in [0.1, 0.15) is 19.4 Å². The summed E-state index contributed by atoms with van der Waals surface area (Å²) in [6, 6.07) is 5.93. The Morgan fingerprint density at radius 3 is 2.78 bits per heavy atom. The van der Waals surface area contributed by atoms with Crippen molar-refractivity contribution in [2.45, 2.75) is 20.3 Å². The molecule has 4 nitrogen and oxygen atoms in total. The number of amides is 1. The number of carbonyl (C=O) groups excluding carboxylic acids is 1. The van der Waals surface area contributed by atoms with Gasteiger partial charge in [0.15, 0.2) is 0 Å². The molecular weight excluding hydrogens is 226 g/mol. The number of hydrogen-bond acceptors (Lipinski definition) is 3. The van der Waals surface area contributed by atoms with Crippen LogP contribution in [0.4, 0.5) is 11.4 Å². The van der Waals surface area contributed by atoms with Crippen LogP contribution < -0.4 is 10.6 Å². The number of hydrogen-bond donors (Lipinski definition) is 1. The van der Waals surface area contributed by atoms with Crippen molar-refractivity contribution in [3.8, 4) is 0 Å². The molecule has 0 aromatic heterocycles.